The highest BCUT2D eigenvalue weighted by molar-refractivity contribution is 6.01. The maximum absolute atomic E-state index is 13.6. The van der Waals surface area contributed by atoms with Gasteiger partial charge >= 0.3 is 0 Å². The lowest BCUT2D eigenvalue weighted by Crippen LogP contribution is -2.03. The molecule has 0 aliphatic rings. The van der Waals surface area contributed by atoms with Crippen LogP contribution >= 0.6 is 0 Å². The molecule has 0 N–H and O–H groups in total. The Balaban J connectivity index is 1.72. The summed E-state index contributed by atoms with van der Waals surface area (Å²) in [6.45, 7) is 8.58. The third-order valence-electron chi connectivity index (χ3n) is 5.55. The molecule has 1 heterocycles. The number of halogens is 1. The standard InChI is InChI=1S/C28H27FN2O/c1-19-7-5-9-23(15-19)18-32-30-21(3)27-17-28(24-11-13-25(29)14-12-24)31(22(27)4)26-10-6-8-20(2)16-26/h5-17H,18H2,1-4H3/b30-21-. The van der Waals surface area contributed by atoms with Crippen LogP contribution in [0.2, 0.25) is 0 Å². The molecule has 32 heavy (non-hydrogen) atoms. The molecular formula is C28H27FN2O. The minimum Gasteiger partial charge on any atom is -0.391 e. The van der Waals surface area contributed by atoms with Crippen LogP contribution in [-0.2, 0) is 11.4 Å². The minimum atomic E-state index is -0.248. The lowest BCUT2D eigenvalue weighted by Gasteiger charge is -2.13. The average Bonchev–Trinajstić information content (AvgIpc) is 3.11. The molecule has 0 amide bonds. The first kappa shape index (κ1) is 21.6. The summed E-state index contributed by atoms with van der Waals surface area (Å²) in [7, 11) is 0. The third kappa shape index (κ3) is 4.65. The summed E-state index contributed by atoms with van der Waals surface area (Å²) in [6, 6.07) is 25.2. The Labute approximate surface area is 188 Å². The lowest BCUT2D eigenvalue weighted by atomic mass is 10.1. The van der Waals surface area contributed by atoms with Crippen LogP contribution in [0.4, 0.5) is 4.39 Å². The van der Waals surface area contributed by atoms with Gasteiger partial charge in [-0.3, -0.25) is 0 Å². The van der Waals surface area contributed by atoms with Gasteiger partial charge in [0.05, 0.1) is 11.4 Å². The van der Waals surface area contributed by atoms with Crippen molar-refractivity contribution in [1.82, 2.24) is 4.57 Å². The summed E-state index contributed by atoms with van der Waals surface area (Å²) in [5.41, 5.74) is 9.28. The van der Waals surface area contributed by atoms with Gasteiger partial charge in [0.2, 0.25) is 0 Å². The SMILES string of the molecule is C/C(=N/OCc1cccc(C)c1)c1cc(-c2ccc(F)cc2)n(-c2cccc(C)c2)c1C. The monoisotopic (exact) mass is 426 g/mol. The van der Waals surface area contributed by atoms with Crippen molar-refractivity contribution in [3.8, 4) is 16.9 Å². The summed E-state index contributed by atoms with van der Waals surface area (Å²) in [5.74, 6) is -0.248. The van der Waals surface area contributed by atoms with Gasteiger partial charge in [-0.15, -0.1) is 0 Å². The summed E-state index contributed by atoms with van der Waals surface area (Å²) in [4.78, 5) is 5.67. The smallest absolute Gasteiger partial charge is 0.142 e. The van der Waals surface area contributed by atoms with Crippen molar-refractivity contribution < 1.29 is 9.23 Å². The summed E-state index contributed by atoms with van der Waals surface area (Å²) in [5, 5.41) is 4.40. The molecule has 0 saturated carbocycles. The van der Waals surface area contributed by atoms with Gasteiger partial charge in [-0.25, -0.2) is 4.39 Å². The molecule has 3 nitrogen and oxygen atoms in total. The van der Waals surface area contributed by atoms with Crippen molar-refractivity contribution in [2.45, 2.75) is 34.3 Å². The van der Waals surface area contributed by atoms with Crippen molar-refractivity contribution in [3.05, 3.63) is 113 Å². The second-order valence-electron chi connectivity index (χ2n) is 8.15. The van der Waals surface area contributed by atoms with Gasteiger partial charge in [-0.2, -0.15) is 0 Å². The maximum Gasteiger partial charge on any atom is 0.142 e. The molecule has 0 aliphatic carbocycles. The topological polar surface area (TPSA) is 26.5 Å². The van der Waals surface area contributed by atoms with Crippen molar-refractivity contribution in [1.29, 1.82) is 0 Å². The number of hydrogen-bond donors (Lipinski definition) is 0. The van der Waals surface area contributed by atoms with E-state index in [1.54, 1.807) is 12.1 Å². The summed E-state index contributed by atoms with van der Waals surface area (Å²) >= 11 is 0. The third-order valence-corrected chi connectivity index (χ3v) is 5.55. The van der Waals surface area contributed by atoms with Crippen LogP contribution in [0.5, 0.6) is 0 Å². The van der Waals surface area contributed by atoms with Crippen LogP contribution in [0, 0.1) is 26.6 Å². The van der Waals surface area contributed by atoms with E-state index in [9.17, 15) is 4.39 Å². The van der Waals surface area contributed by atoms with Gasteiger partial charge in [-0.1, -0.05) is 47.1 Å². The van der Waals surface area contributed by atoms with Crippen LogP contribution in [0.3, 0.4) is 0 Å². The van der Waals surface area contributed by atoms with Crippen LogP contribution in [0.1, 0.15) is 34.9 Å². The molecule has 0 saturated heterocycles. The first-order valence-electron chi connectivity index (χ1n) is 10.7. The maximum atomic E-state index is 13.6. The van der Waals surface area contributed by atoms with E-state index in [-0.39, 0.29) is 5.82 Å². The van der Waals surface area contributed by atoms with Crippen molar-refractivity contribution in [3.63, 3.8) is 0 Å². The van der Waals surface area contributed by atoms with Crippen LogP contribution in [0.15, 0.2) is 84.0 Å². The predicted octanol–water partition coefficient (Wildman–Crippen LogP) is 7.15. The fraction of sp³-hybridized carbons (Fsp3) is 0.179. The molecule has 0 fully saturated rings. The van der Waals surface area contributed by atoms with Crippen LogP contribution in [0.25, 0.3) is 16.9 Å². The molecule has 4 heteroatoms. The van der Waals surface area contributed by atoms with Gasteiger partial charge in [0.1, 0.15) is 12.4 Å². The average molecular weight is 427 g/mol. The van der Waals surface area contributed by atoms with Gasteiger partial charge in [0, 0.05) is 16.9 Å². The van der Waals surface area contributed by atoms with E-state index in [1.807, 2.05) is 25.1 Å². The van der Waals surface area contributed by atoms with E-state index >= 15 is 0 Å². The lowest BCUT2D eigenvalue weighted by molar-refractivity contribution is 0.130. The molecule has 0 aliphatic heterocycles. The Bertz CT molecular complexity index is 1270. The molecule has 0 spiro atoms. The highest BCUT2D eigenvalue weighted by Crippen LogP contribution is 2.30. The quantitative estimate of drug-likeness (QED) is 0.237. The molecule has 3 aromatic carbocycles. The molecule has 0 bridgehead atoms. The summed E-state index contributed by atoms with van der Waals surface area (Å²) in [6.07, 6.45) is 0. The Morgan fingerprint density at radius 3 is 2.25 bits per heavy atom. The predicted molar refractivity (Wildman–Crippen MR) is 129 cm³/mol. The normalized spacial score (nSPS) is 11.6. The van der Waals surface area contributed by atoms with Gasteiger partial charge in [0.15, 0.2) is 0 Å². The van der Waals surface area contributed by atoms with E-state index in [4.69, 9.17) is 4.84 Å². The Morgan fingerprint density at radius 2 is 1.56 bits per heavy atom. The molecule has 0 unspecified atom stereocenters. The number of benzene rings is 3. The van der Waals surface area contributed by atoms with Crippen LogP contribution in [-0.4, -0.2) is 10.3 Å². The van der Waals surface area contributed by atoms with Crippen molar-refractivity contribution in [2.24, 2.45) is 5.16 Å². The Hall–Kier alpha value is -3.66. The second kappa shape index (κ2) is 9.23. The fourth-order valence-electron chi connectivity index (χ4n) is 3.96. The van der Waals surface area contributed by atoms with Gasteiger partial charge < -0.3 is 9.40 Å². The van der Waals surface area contributed by atoms with Gasteiger partial charge in [0.25, 0.3) is 0 Å². The fourth-order valence-corrected chi connectivity index (χ4v) is 3.96. The molecule has 1 aromatic heterocycles. The molecule has 0 radical (unpaired) electrons. The molecule has 162 valence electrons. The zero-order valence-electron chi connectivity index (χ0n) is 18.9. The first-order valence-corrected chi connectivity index (χ1v) is 10.7. The minimum absolute atomic E-state index is 0.248. The molecular weight excluding hydrogens is 399 g/mol. The van der Waals surface area contributed by atoms with Gasteiger partial charge in [-0.05, 0) is 86.8 Å². The number of oxime groups is 1. The van der Waals surface area contributed by atoms with E-state index in [2.05, 4.69) is 66.9 Å². The molecule has 0 atom stereocenters. The largest absolute Gasteiger partial charge is 0.391 e. The highest BCUT2D eigenvalue weighted by atomic mass is 19.1. The highest BCUT2D eigenvalue weighted by Gasteiger charge is 2.17. The first-order chi connectivity index (χ1) is 15.4. The summed E-state index contributed by atoms with van der Waals surface area (Å²) < 4.78 is 15.7. The second-order valence-corrected chi connectivity index (χ2v) is 8.15. The Morgan fingerprint density at radius 1 is 0.875 bits per heavy atom. The zero-order chi connectivity index (χ0) is 22.7. The number of hydrogen-bond acceptors (Lipinski definition) is 2. The molecule has 4 aromatic rings. The van der Waals surface area contributed by atoms with E-state index < -0.39 is 0 Å². The van der Waals surface area contributed by atoms with E-state index in [1.165, 1.54) is 23.3 Å². The van der Waals surface area contributed by atoms with Crippen LogP contribution < -0.4 is 0 Å². The number of nitrogens with zero attached hydrogens (tertiary/aromatic N) is 2. The van der Waals surface area contributed by atoms with Crippen molar-refractivity contribution >= 4 is 5.71 Å². The number of aryl methyl sites for hydroxylation is 2. The molecule has 4 rings (SSSR count). The van der Waals surface area contributed by atoms with E-state index in [0.29, 0.717) is 6.61 Å². The zero-order valence-corrected chi connectivity index (χ0v) is 18.9. The van der Waals surface area contributed by atoms with Crippen molar-refractivity contribution in [2.75, 3.05) is 0 Å². The number of aromatic nitrogens is 1. The van der Waals surface area contributed by atoms with E-state index in [0.717, 1.165) is 39.5 Å². The number of rotatable bonds is 6. The Kier molecular flexibility index (Phi) is 6.22.